The van der Waals surface area contributed by atoms with Gasteiger partial charge in [-0.3, -0.25) is 4.79 Å². The number of aromatic nitrogens is 1. The summed E-state index contributed by atoms with van der Waals surface area (Å²) in [4.78, 5) is 20.2. The van der Waals surface area contributed by atoms with Gasteiger partial charge in [-0.15, -0.1) is 0 Å². The zero-order valence-electron chi connectivity index (χ0n) is 14.9. The molecule has 1 aromatic heterocycles. The Hall–Kier alpha value is -2.09. The largest absolute Gasteiger partial charge is 0.355 e. The van der Waals surface area contributed by atoms with Crippen LogP contribution in [0, 0.1) is 17.2 Å². The number of pyridine rings is 1. The Morgan fingerprint density at radius 3 is 2.88 bits per heavy atom. The molecule has 0 radical (unpaired) electrons. The van der Waals surface area contributed by atoms with E-state index in [9.17, 15) is 10.1 Å². The van der Waals surface area contributed by atoms with Gasteiger partial charge < -0.3 is 9.80 Å². The van der Waals surface area contributed by atoms with E-state index in [1.54, 1.807) is 6.20 Å². The van der Waals surface area contributed by atoms with Crippen LogP contribution in [0.5, 0.6) is 0 Å². The smallest absolute Gasteiger partial charge is 0.209 e. The summed E-state index contributed by atoms with van der Waals surface area (Å²) in [6.07, 6.45) is 12.3. The molecule has 5 heteroatoms. The third-order valence-corrected chi connectivity index (χ3v) is 5.70. The number of carbonyl (C=O) groups excluding carboxylic acids is 1. The summed E-state index contributed by atoms with van der Waals surface area (Å²) in [5.41, 5.74) is 0.653. The minimum atomic E-state index is 0.451. The molecule has 1 aromatic rings. The van der Waals surface area contributed by atoms with Gasteiger partial charge in [0.15, 0.2) is 0 Å². The number of hydrogen-bond donors (Lipinski definition) is 0. The van der Waals surface area contributed by atoms with E-state index in [0.717, 1.165) is 57.5 Å². The molecule has 0 aromatic carbocycles. The van der Waals surface area contributed by atoms with Crippen molar-refractivity contribution in [2.75, 3.05) is 24.5 Å². The number of hydrogen-bond acceptors (Lipinski definition) is 4. The van der Waals surface area contributed by atoms with Crippen molar-refractivity contribution in [1.82, 2.24) is 9.88 Å². The van der Waals surface area contributed by atoms with Gasteiger partial charge in [-0.1, -0.05) is 19.3 Å². The summed E-state index contributed by atoms with van der Waals surface area (Å²) in [5.74, 6) is 1.38. The zero-order chi connectivity index (χ0) is 17.5. The van der Waals surface area contributed by atoms with Gasteiger partial charge in [-0.05, 0) is 50.2 Å². The van der Waals surface area contributed by atoms with Gasteiger partial charge in [-0.25, -0.2) is 4.98 Å². The molecule has 1 atom stereocenters. The van der Waals surface area contributed by atoms with Crippen LogP contribution in [-0.2, 0) is 4.79 Å². The molecule has 3 rings (SSSR count). The van der Waals surface area contributed by atoms with Crippen LogP contribution in [0.1, 0.15) is 56.9 Å². The molecular formula is C20H28N4O. The average Bonchev–Trinajstić information content (AvgIpc) is 2.69. The first-order valence-electron chi connectivity index (χ1n) is 9.63. The van der Waals surface area contributed by atoms with Crippen molar-refractivity contribution in [1.29, 1.82) is 5.26 Å². The minimum Gasteiger partial charge on any atom is -0.355 e. The van der Waals surface area contributed by atoms with Crippen LogP contribution in [0.2, 0.25) is 0 Å². The second-order valence-corrected chi connectivity index (χ2v) is 7.36. The van der Waals surface area contributed by atoms with Crippen molar-refractivity contribution < 1.29 is 4.79 Å². The number of rotatable bonds is 6. The average molecular weight is 340 g/mol. The first-order chi connectivity index (χ1) is 12.3. The van der Waals surface area contributed by atoms with Gasteiger partial charge in [-0.2, -0.15) is 5.26 Å². The molecule has 134 valence electrons. The number of amides is 1. The SMILES string of the molecule is N#Cc1cccnc1N1CCCC(CCN(C=O)C2CCCCC2)C1. The molecule has 0 N–H and O–H groups in total. The van der Waals surface area contributed by atoms with E-state index in [4.69, 9.17) is 0 Å². The van der Waals surface area contributed by atoms with Gasteiger partial charge in [0.05, 0.1) is 5.56 Å². The maximum Gasteiger partial charge on any atom is 0.209 e. The lowest BCUT2D eigenvalue weighted by Gasteiger charge is -2.36. The highest BCUT2D eigenvalue weighted by molar-refractivity contribution is 5.53. The quantitative estimate of drug-likeness (QED) is 0.745. The van der Waals surface area contributed by atoms with Crippen LogP contribution in [0.15, 0.2) is 18.3 Å². The van der Waals surface area contributed by atoms with Crippen LogP contribution in [0.25, 0.3) is 0 Å². The molecule has 1 unspecified atom stereocenters. The standard InChI is InChI=1S/C20H28N4O/c21-14-18-7-4-11-22-20(18)23-12-5-6-17(15-23)10-13-24(16-25)19-8-2-1-3-9-19/h4,7,11,16-17,19H,1-3,5-6,8-10,12-13,15H2. The molecular weight excluding hydrogens is 312 g/mol. The number of piperidine rings is 1. The molecule has 0 spiro atoms. The fourth-order valence-corrected chi connectivity index (χ4v) is 4.29. The lowest BCUT2D eigenvalue weighted by Crippen LogP contribution is -2.40. The van der Waals surface area contributed by atoms with Crippen molar-refractivity contribution in [2.45, 2.75) is 57.4 Å². The zero-order valence-corrected chi connectivity index (χ0v) is 14.9. The monoisotopic (exact) mass is 340 g/mol. The molecule has 25 heavy (non-hydrogen) atoms. The fraction of sp³-hybridized carbons (Fsp3) is 0.650. The second-order valence-electron chi connectivity index (χ2n) is 7.36. The van der Waals surface area contributed by atoms with Gasteiger partial charge in [0.1, 0.15) is 11.9 Å². The molecule has 1 aliphatic carbocycles. The molecule has 1 aliphatic heterocycles. The van der Waals surface area contributed by atoms with Crippen molar-refractivity contribution in [3.8, 4) is 6.07 Å². The van der Waals surface area contributed by atoms with Gasteiger partial charge in [0.25, 0.3) is 0 Å². The maximum absolute atomic E-state index is 11.5. The van der Waals surface area contributed by atoms with E-state index in [2.05, 4.69) is 16.0 Å². The molecule has 2 fully saturated rings. The lowest BCUT2D eigenvalue weighted by atomic mass is 9.92. The van der Waals surface area contributed by atoms with E-state index < -0.39 is 0 Å². The highest BCUT2D eigenvalue weighted by Crippen LogP contribution is 2.27. The summed E-state index contributed by atoms with van der Waals surface area (Å²) in [7, 11) is 0. The van der Waals surface area contributed by atoms with Crippen molar-refractivity contribution in [3.05, 3.63) is 23.9 Å². The molecule has 2 aliphatic rings. The fourth-order valence-electron chi connectivity index (χ4n) is 4.29. The van der Waals surface area contributed by atoms with Crippen LogP contribution in [0.4, 0.5) is 5.82 Å². The van der Waals surface area contributed by atoms with Gasteiger partial charge >= 0.3 is 0 Å². The van der Waals surface area contributed by atoms with Crippen molar-refractivity contribution in [2.24, 2.45) is 5.92 Å². The van der Waals surface area contributed by atoms with Crippen LogP contribution in [0.3, 0.4) is 0 Å². The van der Waals surface area contributed by atoms with Crippen LogP contribution >= 0.6 is 0 Å². The molecule has 0 bridgehead atoms. The summed E-state index contributed by atoms with van der Waals surface area (Å²) >= 11 is 0. The van der Waals surface area contributed by atoms with E-state index in [1.165, 1.54) is 25.7 Å². The number of anilines is 1. The third kappa shape index (κ3) is 4.50. The van der Waals surface area contributed by atoms with E-state index in [-0.39, 0.29) is 0 Å². The third-order valence-electron chi connectivity index (χ3n) is 5.70. The second kappa shape index (κ2) is 8.84. The Balaban J connectivity index is 1.56. The van der Waals surface area contributed by atoms with Crippen LogP contribution in [-0.4, -0.2) is 42.0 Å². The maximum atomic E-state index is 11.5. The first kappa shape index (κ1) is 17.7. The Morgan fingerprint density at radius 2 is 2.12 bits per heavy atom. The Bertz CT molecular complexity index is 606. The van der Waals surface area contributed by atoms with E-state index in [1.807, 2.05) is 17.0 Å². The Morgan fingerprint density at radius 1 is 1.28 bits per heavy atom. The topological polar surface area (TPSA) is 60.2 Å². The summed E-state index contributed by atoms with van der Waals surface area (Å²) < 4.78 is 0. The molecule has 1 saturated heterocycles. The van der Waals surface area contributed by atoms with Gasteiger partial charge in [0.2, 0.25) is 6.41 Å². The normalized spacial score (nSPS) is 21.6. The van der Waals surface area contributed by atoms with Crippen LogP contribution < -0.4 is 4.90 Å². The Kier molecular flexibility index (Phi) is 6.27. The minimum absolute atomic E-state index is 0.451. The predicted molar refractivity (Wildman–Crippen MR) is 98.1 cm³/mol. The van der Waals surface area contributed by atoms with Gasteiger partial charge in [0, 0.05) is 31.9 Å². The molecule has 5 nitrogen and oxygen atoms in total. The lowest BCUT2D eigenvalue weighted by molar-refractivity contribution is -0.121. The van der Waals surface area contributed by atoms with E-state index in [0.29, 0.717) is 17.5 Å². The summed E-state index contributed by atoms with van der Waals surface area (Å²) in [5, 5.41) is 9.31. The van der Waals surface area contributed by atoms with E-state index >= 15 is 0 Å². The molecule has 1 amide bonds. The number of carbonyl (C=O) groups is 1. The highest BCUT2D eigenvalue weighted by atomic mass is 16.1. The van der Waals surface area contributed by atoms with Crippen molar-refractivity contribution in [3.63, 3.8) is 0 Å². The predicted octanol–water partition coefficient (Wildman–Crippen LogP) is 3.35. The molecule has 1 saturated carbocycles. The Labute approximate surface area is 150 Å². The highest BCUT2D eigenvalue weighted by Gasteiger charge is 2.25. The summed E-state index contributed by atoms with van der Waals surface area (Å²) in [6, 6.07) is 6.35. The van der Waals surface area contributed by atoms with Crippen molar-refractivity contribution >= 4 is 12.2 Å². The number of nitrogens with zero attached hydrogens (tertiary/aromatic N) is 4. The molecule has 2 heterocycles. The number of nitriles is 1. The first-order valence-corrected chi connectivity index (χ1v) is 9.63. The summed E-state index contributed by atoms with van der Waals surface area (Å²) in [6.45, 7) is 2.76.